The standard InChI is InChI=1S/C22H31N3O2/c1-14(2)19(15(3)20(23-6)25-22(5)11-12-22)21(26)24-16(4)17-9-8-10-18(13-17)27-7/h8-10,13,16,25H,6,11-12H2,1-5,7H3,(H,24,26)/b20-15-/t16-/m1/s1. The molecule has 2 N–H and O–H groups in total. The van der Waals surface area contributed by atoms with Gasteiger partial charge in [-0.2, -0.15) is 0 Å². The normalized spacial score (nSPS) is 16.5. The fourth-order valence-electron chi connectivity index (χ4n) is 3.00. The number of methoxy groups -OCH3 is 1. The van der Waals surface area contributed by atoms with E-state index in [4.69, 9.17) is 4.74 Å². The largest absolute Gasteiger partial charge is 0.497 e. The lowest BCUT2D eigenvalue weighted by Gasteiger charge is -2.21. The summed E-state index contributed by atoms with van der Waals surface area (Å²) in [6.45, 7) is 13.6. The van der Waals surface area contributed by atoms with Crippen LogP contribution in [0.3, 0.4) is 0 Å². The Bertz CT molecular complexity index is 785. The van der Waals surface area contributed by atoms with Gasteiger partial charge >= 0.3 is 0 Å². The molecule has 0 heterocycles. The van der Waals surface area contributed by atoms with E-state index in [1.807, 2.05) is 52.0 Å². The average molecular weight is 370 g/mol. The van der Waals surface area contributed by atoms with Gasteiger partial charge in [-0.15, -0.1) is 0 Å². The Kier molecular flexibility index (Phi) is 6.47. The Morgan fingerprint density at radius 2 is 1.96 bits per heavy atom. The van der Waals surface area contributed by atoms with E-state index in [0.29, 0.717) is 11.4 Å². The quantitative estimate of drug-likeness (QED) is 0.408. The third-order valence-corrected chi connectivity index (χ3v) is 4.98. The number of rotatable bonds is 8. The van der Waals surface area contributed by atoms with E-state index in [1.165, 1.54) is 0 Å². The molecule has 2 rings (SSSR count). The predicted molar refractivity (Wildman–Crippen MR) is 111 cm³/mol. The first-order valence-electron chi connectivity index (χ1n) is 9.29. The Balaban J connectivity index is 2.24. The smallest absolute Gasteiger partial charge is 0.252 e. The van der Waals surface area contributed by atoms with E-state index in [0.717, 1.165) is 35.3 Å². The second kappa shape index (κ2) is 8.42. The van der Waals surface area contributed by atoms with Crippen LogP contribution in [-0.2, 0) is 4.79 Å². The minimum absolute atomic E-state index is 0.0644. The molecule has 1 atom stereocenters. The maximum absolute atomic E-state index is 13.0. The maximum Gasteiger partial charge on any atom is 0.252 e. The predicted octanol–water partition coefficient (Wildman–Crippen LogP) is 4.28. The first-order valence-corrected chi connectivity index (χ1v) is 9.29. The Hall–Kier alpha value is -2.56. The lowest BCUT2D eigenvalue weighted by Crippen LogP contribution is -2.31. The van der Waals surface area contributed by atoms with Crippen molar-refractivity contribution in [2.24, 2.45) is 4.99 Å². The van der Waals surface area contributed by atoms with E-state index >= 15 is 0 Å². The van der Waals surface area contributed by atoms with Gasteiger partial charge in [0.1, 0.15) is 11.6 Å². The molecule has 5 nitrogen and oxygen atoms in total. The highest BCUT2D eigenvalue weighted by molar-refractivity contribution is 5.98. The molecule has 146 valence electrons. The molecular formula is C22H31N3O2. The number of benzene rings is 1. The number of nitrogens with one attached hydrogen (secondary N) is 2. The molecule has 1 aromatic rings. The molecule has 1 aromatic carbocycles. The van der Waals surface area contributed by atoms with Crippen molar-refractivity contribution in [3.05, 3.63) is 52.4 Å². The van der Waals surface area contributed by atoms with Crippen LogP contribution in [0.5, 0.6) is 5.75 Å². The zero-order chi connectivity index (χ0) is 20.2. The Morgan fingerprint density at radius 3 is 2.48 bits per heavy atom. The zero-order valence-electron chi connectivity index (χ0n) is 17.3. The SMILES string of the molecule is C=N/C(NC1(C)CC1)=C(\C)C(C(=O)N[C@H](C)c1cccc(OC)c1)=C(C)C. The summed E-state index contributed by atoms with van der Waals surface area (Å²) in [5.41, 5.74) is 3.45. The van der Waals surface area contributed by atoms with Crippen LogP contribution in [0.2, 0.25) is 0 Å². The van der Waals surface area contributed by atoms with Crippen molar-refractivity contribution in [1.82, 2.24) is 10.6 Å². The van der Waals surface area contributed by atoms with Gasteiger partial charge in [-0.1, -0.05) is 17.7 Å². The molecule has 1 aliphatic rings. The minimum Gasteiger partial charge on any atom is -0.497 e. The topological polar surface area (TPSA) is 62.7 Å². The first-order chi connectivity index (χ1) is 12.7. The number of ether oxygens (including phenoxy) is 1. The van der Waals surface area contributed by atoms with Crippen molar-refractivity contribution < 1.29 is 9.53 Å². The monoisotopic (exact) mass is 369 g/mol. The summed E-state index contributed by atoms with van der Waals surface area (Å²) < 4.78 is 5.28. The fraction of sp³-hybridized carbons (Fsp3) is 0.455. The van der Waals surface area contributed by atoms with Crippen molar-refractivity contribution in [3.8, 4) is 5.75 Å². The number of allylic oxidation sites excluding steroid dienone is 1. The van der Waals surface area contributed by atoms with Crippen LogP contribution in [0.25, 0.3) is 0 Å². The van der Waals surface area contributed by atoms with Gasteiger partial charge in [-0.25, -0.2) is 4.99 Å². The van der Waals surface area contributed by atoms with Crippen LogP contribution < -0.4 is 15.4 Å². The molecule has 0 aliphatic heterocycles. The molecule has 27 heavy (non-hydrogen) atoms. The highest BCUT2D eigenvalue weighted by Crippen LogP contribution is 2.36. The molecule has 1 aliphatic carbocycles. The van der Waals surface area contributed by atoms with Crippen molar-refractivity contribution in [2.75, 3.05) is 7.11 Å². The number of carbonyl (C=O) groups excluding carboxylic acids is 1. The van der Waals surface area contributed by atoms with Crippen LogP contribution in [0.4, 0.5) is 0 Å². The van der Waals surface area contributed by atoms with Crippen molar-refractivity contribution in [3.63, 3.8) is 0 Å². The molecule has 1 saturated carbocycles. The fourth-order valence-corrected chi connectivity index (χ4v) is 3.00. The summed E-state index contributed by atoms with van der Waals surface area (Å²) in [5, 5.41) is 6.52. The maximum atomic E-state index is 13.0. The van der Waals surface area contributed by atoms with Gasteiger partial charge < -0.3 is 15.4 Å². The van der Waals surface area contributed by atoms with Crippen LogP contribution in [0.1, 0.15) is 59.1 Å². The highest BCUT2D eigenvalue weighted by Gasteiger charge is 2.38. The van der Waals surface area contributed by atoms with Gasteiger partial charge in [-0.05, 0) is 71.9 Å². The Morgan fingerprint density at radius 1 is 1.30 bits per heavy atom. The van der Waals surface area contributed by atoms with E-state index in [9.17, 15) is 4.79 Å². The molecule has 1 fully saturated rings. The molecule has 0 bridgehead atoms. The lowest BCUT2D eigenvalue weighted by atomic mass is 10.00. The summed E-state index contributed by atoms with van der Waals surface area (Å²) in [6, 6.07) is 7.57. The van der Waals surface area contributed by atoms with Gasteiger partial charge in [-0.3, -0.25) is 4.79 Å². The van der Waals surface area contributed by atoms with Crippen LogP contribution >= 0.6 is 0 Å². The molecule has 5 heteroatoms. The molecule has 0 spiro atoms. The second-order valence-corrected chi connectivity index (χ2v) is 7.66. The van der Waals surface area contributed by atoms with Crippen molar-refractivity contribution in [1.29, 1.82) is 0 Å². The van der Waals surface area contributed by atoms with E-state index < -0.39 is 0 Å². The number of amides is 1. The number of carbonyl (C=O) groups is 1. The first kappa shape index (κ1) is 20.7. The van der Waals surface area contributed by atoms with Crippen LogP contribution in [0, 0.1) is 0 Å². The van der Waals surface area contributed by atoms with Crippen molar-refractivity contribution >= 4 is 12.6 Å². The van der Waals surface area contributed by atoms with Crippen LogP contribution in [-0.4, -0.2) is 25.3 Å². The molecule has 0 aromatic heterocycles. The molecular weight excluding hydrogens is 338 g/mol. The molecule has 0 radical (unpaired) electrons. The van der Waals surface area contributed by atoms with Gasteiger partial charge in [0.05, 0.1) is 13.2 Å². The highest BCUT2D eigenvalue weighted by atomic mass is 16.5. The lowest BCUT2D eigenvalue weighted by molar-refractivity contribution is -0.117. The average Bonchev–Trinajstić information content (AvgIpc) is 3.36. The van der Waals surface area contributed by atoms with Gasteiger partial charge in [0.25, 0.3) is 5.91 Å². The molecule has 1 amide bonds. The van der Waals surface area contributed by atoms with E-state index in [2.05, 4.69) is 29.3 Å². The van der Waals surface area contributed by atoms with Gasteiger partial charge in [0, 0.05) is 16.7 Å². The second-order valence-electron chi connectivity index (χ2n) is 7.66. The number of hydrogen-bond acceptors (Lipinski definition) is 4. The molecule has 0 unspecified atom stereocenters. The van der Waals surface area contributed by atoms with Crippen LogP contribution in [0.15, 0.2) is 51.8 Å². The zero-order valence-corrected chi connectivity index (χ0v) is 17.3. The number of nitrogens with zero attached hydrogens (tertiary/aromatic N) is 1. The van der Waals surface area contributed by atoms with Gasteiger partial charge in [0.2, 0.25) is 0 Å². The number of hydrogen-bond donors (Lipinski definition) is 2. The minimum atomic E-state index is -0.149. The van der Waals surface area contributed by atoms with Gasteiger partial charge in [0.15, 0.2) is 0 Å². The summed E-state index contributed by atoms with van der Waals surface area (Å²) in [7, 11) is 1.63. The summed E-state index contributed by atoms with van der Waals surface area (Å²) >= 11 is 0. The molecule has 0 saturated heterocycles. The summed E-state index contributed by atoms with van der Waals surface area (Å²) in [4.78, 5) is 17.2. The summed E-state index contributed by atoms with van der Waals surface area (Å²) in [5.74, 6) is 1.33. The van der Waals surface area contributed by atoms with Crippen molar-refractivity contribution in [2.45, 2.75) is 59.0 Å². The summed E-state index contributed by atoms with van der Waals surface area (Å²) in [6.07, 6.45) is 2.20. The van der Waals surface area contributed by atoms with E-state index in [1.54, 1.807) is 7.11 Å². The number of aliphatic imine (C=N–C) groups is 1. The van der Waals surface area contributed by atoms with E-state index in [-0.39, 0.29) is 17.5 Å². The third-order valence-electron chi connectivity index (χ3n) is 4.98. The third kappa shape index (κ3) is 5.22. The Labute approximate surface area is 162 Å².